The molecule has 1 aromatic rings. The van der Waals surface area contributed by atoms with E-state index in [4.69, 9.17) is 5.84 Å². The molecule has 0 aliphatic carbocycles. The van der Waals surface area contributed by atoms with Gasteiger partial charge in [0.2, 0.25) is 0 Å². The molecule has 0 amide bonds. The van der Waals surface area contributed by atoms with Gasteiger partial charge in [-0.2, -0.15) is 0 Å². The summed E-state index contributed by atoms with van der Waals surface area (Å²) in [5, 5.41) is 0. The number of rotatable bonds is 5. The quantitative estimate of drug-likeness (QED) is 0.625. The number of sulfone groups is 1. The highest BCUT2D eigenvalue weighted by molar-refractivity contribution is 9.10. The molecule has 0 spiro atoms. The molecule has 19 heavy (non-hydrogen) atoms. The summed E-state index contributed by atoms with van der Waals surface area (Å²) in [6.45, 7) is 3.14. The average Bonchev–Trinajstić information content (AvgIpc) is 2.28. The first-order valence-electron chi connectivity index (χ1n) is 5.69. The van der Waals surface area contributed by atoms with Crippen LogP contribution in [0, 0.1) is 5.82 Å². The van der Waals surface area contributed by atoms with Crippen molar-refractivity contribution in [3.63, 3.8) is 0 Å². The topological polar surface area (TPSA) is 72.2 Å². The zero-order valence-electron chi connectivity index (χ0n) is 11.1. The summed E-state index contributed by atoms with van der Waals surface area (Å²) in [6, 6.07) is 3.95. The Morgan fingerprint density at radius 1 is 1.47 bits per heavy atom. The van der Waals surface area contributed by atoms with Gasteiger partial charge in [-0.3, -0.25) is 11.3 Å². The van der Waals surface area contributed by atoms with Crippen LogP contribution in [0.4, 0.5) is 4.39 Å². The summed E-state index contributed by atoms with van der Waals surface area (Å²) >= 11 is 3.26. The van der Waals surface area contributed by atoms with Crippen LogP contribution in [-0.2, 0) is 16.3 Å². The third-order valence-electron chi connectivity index (χ3n) is 3.43. The molecule has 1 rings (SSSR count). The van der Waals surface area contributed by atoms with E-state index in [2.05, 4.69) is 21.4 Å². The van der Waals surface area contributed by atoms with Crippen LogP contribution in [0.15, 0.2) is 22.7 Å². The van der Waals surface area contributed by atoms with Gasteiger partial charge in [-0.15, -0.1) is 0 Å². The summed E-state index contributed by atoms with van der Waals surface area (Å²) in [6.07, 6.45) is 1.33. The number of hydrogen-bond donors (Lipinski definition) is 2. The minimum absolute atomic E-state index is 0.182. The first-order valence-corrected chi connectivity index (χ1v) is 8.37. The second kappa shape index (κ2) is 5.87. The Labute approximate surface area is 121 Å². The van der Waals surface area contributed by atoms with Crippen molar-refractivity contribution in [2.75, 3.05) is 6.26 Å². The Morgan fingerprint density at radius 2 is 2.05 bits per heavy atom. The maximum atomic E-state index is 13.7. The number of hydrogen-bond acceptors (Lipinski definition) is 4. The van der Waals surface area contributed by atoms with Gasteiger partial charge >= 0.3 is 0 Å². The van der Waals surface area contributed by atoms with Gasteiger partial charge in [-0.05, 0) is 44.0 Å². The molecule has 0 radical (unpaired) electrons. The van der Waals surface area contributed by atoms with Crippen molar-refractivity contribution >= 4 is 25.8 Å². The van der Waals surface area contributed by atoms with Crippen LogP contribution in [0.3, 0.4) is 0 Å². The van der Waals surface area contributed by atoms with Gasteiger partial charge in [-0.1, -0.05) is 15.9 Å². The summed E-state index contributed by atoms with van der Waals surface area (Å²) in [5.74, 6) is 5.06. The van der Waals surface area contributed by atoms with Crippen molar-refractivity contribution in [2.24, 2.45) is 5.84 Å². The molecular weight excluding hydrogens is 335 g/mol. The zero-order valence-corrected chi connectivity index (χ0v) is 13.5. The van der Waals surface area contributed by atoms with Crippen LogP contribution in [0.25, 0.3) is 0 Å². The van der Waals surface area contributed by atoms with E-state index in [0.717, 1.165) is 10.7 Å². The lowest BCUT2D eigenvalue weighted by atomic mass is 9.96. The molecule has 1 atom stereocenters. The lowest BCUT2D eigenvalue weighted by Gasteiger charge is -2.32. The Bertz CT molecular complexity index is 561. The monoisotopic (exact) mass is 352 g/mol. The van der Waals surface area contributed by atoms with E-state index in [1.165, 1.54) is 6.07 Å². The van der Waals surface area contributed by atoms with Crippen molar-refractivity contribution in [1.82, 2.24) is 5.43 Å². The molecule has 0 bridgehead atoms. The van der Waals surface area contributed by atoms with Gasteiger partial charge in [0.15, 0.2) is 9.84 Å². The number of nitrogens with two attached hydrogens (primary N) is 1. The number of nitrogens with one attached hydrogen (secondary N) is 1. The van der Waals surface area contributed by atoms with Gasteiger partial charge < -0.3 is 0 Å². The Balaban J connectivity index is 3.10. The number of halogens is 2. The lowest BCUT2D eigenvalue weighted by molar-refractivity contribution is 0.408. The third-order valence-corrected chi connectivity index (χ3v) is 6.12. The second-order valence-electron chi connectivity index (χ2n) is 5.03. The van der Waals surface area contributed by atoms with E-state index in [1.54, 1.807) is 26.0 Å². The zero-order chi connectivity index (χ0) is 14.8. The van der Waals surface area contributed by atoms with Crippen LogP contribution in [-0.4, -0.2) is 25.5 Å². The first kappa shape index (κ1) is 16.6. The molecular formula is C12H18BrFN2O2S. The fourth-order valence-electron chi connectivity index (χ4n) is 1.68. The molecule has 3 N–H and O–H groups in total. The normalized spacial score (nSPS) is 14.4. The van der Waals surface area contributed by atoms with Gasteiger partial charge in [0, 0.05) is 16.8 Å². The Hall–Kier alpha value is -0.500. The van der Waals surface area contributed by atoms with Crippen LogP contribution >= 0.6 is 15.9 Å². The molecule has 7 heteroatoms. The van der Waals surface area contributed by atoms with E-state index in [-0.39, 0.29) is 12.2 Å². The van der Waals surface area contributed by atoms with Crippen molar-refractivity contribution in [3.8, 4) is 0 Å². The smallest absolute Gasteiger partial charge is 0.154 e. The average molecular weight is 353 g/mol. The molecule has 0 aliphatic heterocycles. The highest BCUT2D eigenvalue weighted by Gasteiger charge is 2.38. The summed E-state index contributed by atoms with van der Waals surface area (Å²) in [7, 11) is -3.33. The fraction of sp³-hybridized carbons (Fsp3) is 0.500. The first-order chi connectivity index (χ1) is 8.59. The van der Waals surface area contributed by atoms with Gasteiger partial charge in [-0.25, -0.2) is 12.8 Å². The van der Waals surface area contributed by atoms with E-state index in [1.807, 2.05) is 0 Å². The predicted molar refractivity (Wildman–Crippen MR) is 77.8 cm³/mol. The van der Waals surface area contributed by atoms with Gasteiger partial charge in [0.25, 0.3) is 0 Å². The molecule has 1 aromatic carbocycles. The minimum atomic E-state index is -3.33. The summed E-state index contributed by atoms with van der Waals surface area (Å²) in [5.41, 5.74) is 2.89. The molecule has 0 saturated carbocycles. The number of benzene rings is 1. The van der Waals surface area contributed by atoms with Gasteiger partial charge in [0.1, 0.15) is 5.82 Å². The summed E-state index contributed by atoms with van der Waals surface area (Å²) < 4.78 is 36.9. The van der Waals surface area contributed by atoms with E-state index < -0.39 is 20.6 Å². The van der Waals surface area contributed by atoms with Crippen LogP contribution in [0.2, 0.25) is 0 Å². The van der Waals surface area contributed by atoms with Crippen molar-refractivity contribution in [3.05, 3.63) is 34.1 Å². The molecule has 108 valence electrons. The Morgan fingerprint density at radius 3 is 2.53 bits per heavy atom. The standard InChI is InChI=1S/C12H18BrFN2O2S/c1-12(2,19(3,17)18)11(16-15)7-8-6-9(13)4-5-10(8)14/h4-6,11,16H,7,15H2,1-3H3. The lowest BCUT2D eigenvalue weighted by Crippen LogP contribution is -2.55. The molecule has 0 aliphatic rings. The molecule has 0 heterocycles. The third kappa shape index (κ3) is 3.75. The van der Waals surface area contributed by atoms with Crippen molar-refractivity contribution in [2.45, 2.75) is 31.1 Å². The molecule has 4 nitrogen and oxygen atoms in total. The molecule has 1 unspecified atom stereocenters. The van der Waals surface area contributed by atoms with Crippen molar-refractivity contribution < 1.29 is 12.8 Å². The molecule has 0 fully saturated rings. The predicted octanol–water partition coefficient (Wildman–Crippen LogP) is 1.79. The maximum Gasteiger partial charge on any atom is 0.154 e. The maximum absolute atomic E-state index is 13.7. The fourth-order valence-corrected chi connectivity index (χ4v) is 2.76. The van der Waals surface area contributed by atoms with Crippen LogP contribution in [0.5, 0.6) is 0 Å². The van der Waals surface area contributed by atoms with E-state index in [0.29, 0.717) is 5.56 Å². The minimum Gasteiger partial charge on any atom is -0.271 e. The van der Waals surface area contributed by atoms with Crippen LogP contribution < -0.4 is 11.3 Å². The van der Waals surface area contributed by atoms with Crippen LogP contribution in [0.1, 0.15) is 19.4 Å². The highest BCUT2D eigenvalue weighted by atomic mass is 79.9. The largest absolute Gasteiger partial charge is 0.271 e. The van der Waals surface area contributed by atoms with Crippen molar-refractivity contribution in [1.29, 1.82) is 0 Å². The number of hydrazine groups is 1. The highest BCUT2D eigenvalue weighted by Crippen LogP contribution is 2.25. The SMILES string of the molecule is CC(C)(C(Cc1cc(Br)ccc1F)NN)S(C)(=O)=O. The Kier molecular flexibility index (Phi) is 5.11. The van der Waals surface area contributed by atoms with Gasteiger partial charge in [0.05, 0.1) is 4.75 Å². The van der Waals surface area contributed by atoms with E-state index in [9.17, 15) is 12.8 Å². The second-order valence-corrected chi connectivity index (χ2v) is 8.55. The molecule has 0 saturated heterocycles. The van der Waals surface area contributed by atoms with E-state index >= 15 is 0 Å². The summed E-state index contributed by atoms with van der Waals surface area (Å²) in [4.78, 5) is 0. The molecule has 0 aromatic heterocycles.